The molecule has 1 heterocycles. The van der Waals surface area contributed by atoms with E-state index in [4.69, 9.17) is 40.1 Å². The molecule has 2 aromatic rings. The summed E-state index contributed by atoms with van der Waals surface area (Å²) in [6.45, 7) is 7.27. The zero-order valence-electron chi connectivity index (χ0n) is 57.1. The van der Waals surface area contributed by atoms with Crippen LogP contribution in [-0.2, 0) is 89.6 Å². The molecular formula is C61H98N22O18. The average Bonchev–Trinajstić information content (AvgIpc) is 1.20. The summed E-state index contributed by atoms with van der Waals surface area (Å²) in [5.41, 5.74) is 39.1. The zero-order valence-corrected chi connectivity index (χ0v) is 57.1. The van der Waals surface area contributed by atoms with Gasteiger partial charge in [-0.25, -0.2) is 4.98 Å². The Kier molecular flexibility index (Phi) is 37.5. The van der Waals surface area contributed by atoms with E-state index in [0.29, 0.717) is 0 Å². The number of nitrogens with one attached hydrogen (secondary N) is 13. The molecule has 11 atom stereocenters. The molecule has 0 unspecified atom stereocenters. The molecule has 0 saturated heterocycles. The third-order valence-corrected chi connectivity index (χ3v) is 14.8. The van der Waals surface area contributed by atoms with Gasteiger partial charge >= 0.3 is 0 Å². The first-order chi connectivity index (χ1) is 47.4. The number of rotatable bonds is 47. The first-order valence-electron chi connectivity index (χ1n) is 32.3. The number of aromatic nitrogens is 2. The normalized spacial score (nSPS) is 14.2. The number of aromatic amines is 1. The van der Waals surface area contributed by atoms with Crippen LogP contribution in [-0.4, -0.2) is 213 Å². The van der Waals surface area contributed by atoms with Gasteiger partial charge in [-0.1, -0.05) is 39.8 Å². The smallest absolute Gasteiger partial charge is 0.245 e. The number of nitrogens with two attached hydrogens (primary N) is 7. The number of phenols is 1. The van der Waals surface area contributed by atoms with E-state index >= 15 is 0 Å². The van der Waals surface area contributed by atoms with Crippen molar-refractivity contribution in [3.05, 3.63) is 48.0 Å². The second-order valence-electron chi connectivity index (χ2n) is 24.6. The first kappa shape index (κ1) is 86.0. The number of nitrogens with zero attached hydrogens (tertiary/aromatic N) is 2. The molecule has 0 fully saturated rings. The fourth-order valence-corrected chi connectivity index (χ4v) is 9.39. The number of aromatic hydroxyl groups is 1. The number of carbonyl (C=O) groups excluding carboxylic acids is 16. The number of hydrogen-bond donors (Lipinski definition) is 22. The van der Waals surface area contributed by atoms with E-state index in [9.17, 15) is 86.9 Å². The molecule has 0 bridgehead atoms. The molecule has 1 aromatic carbocycles. The summed E-state index contributed by atoms with van der Waals surface area (Å²) < 4.78 is 0. The van der Waals surface area contributed by atoms with Crippen molar-refractivity contribution in [3.8, 4) is 5.75 Å². The van der Waals surface area contributed by atoms with Gasteiger partial charge in [-0.2, -0.15) is 0 Å². The highest BCUT2D eigenvalue weighted by Crippen LogP contribution is 2.14. The lowest BCUT2D eigenvalue weighted by molar-refractivity contribution is -0.136. The van der Waals surface area contributed by atoms with E-state index in [1.165, 1.54) is 50.6 Å². The Bertz CT molecular complexity index is 3220. The van der Waals surface area contributed by atoms with Gasteiger partial charge in [0.05, 0.1) is 32.1 Å². The van der Waals surface area contributed by atoms with Crippen LogP contribution in [0.5, 0.6) is 5.75 Å². The van der Waals surface area contributed by atoms with Crippen LogP contribution in [0.2, 0.25) is 0 Å². The van der Waals surface area contributed by atoms with Gasteiger partial charge in [0.1, 0.15) is 66.2 Å². The van der Waals surface area contributed by atoms with E-state index in [2.05, 4.69) is 78.8 Å². The van der Waals surface area contributed by atoms with Gasteiger partial charge < -0.3 is 119 Å². The number of primary amides is 4. The molecule has 16 amide bonds. The maximum atomic E-state index is 14.5. The van der Waals surface area contributed by atoms with Crippen molar-refractivity contribution >= 4 is 100 Å². The monoisotopic (exact) mass is 1430 g/mol. The first-order valence-corrected chi connectivity index (χ1v) is 32.3. The van der Waals surface area contributed by atoms with Gasteiger partial charge in [-0.15, -0.1) is 0 Å². The number of aliphatic hydroxyl groups excluding tert-OH is 1. The van der Waals surface area contributed by atoms with E-state index in [1.54, 1.807) is 13.8 Å². The topological polar surface area (TPSA) is 681 Å². The number of benzene rings is 1. The highest BCUT2D eigenvalue weighted by Gasteiger charge is 2.36. The van der Waals surface area contributed by atoms with Crippen LogP contribution < -0.4 is 104 Å². The number of hydrogen-bond acceptors (Lipinski definition) is 21. The van der Waals surface area contributed by atoms with Crippen LogP contribution in [0.4, 0.5) is 0 Å². The Morgan fingerprint density at radius 2 is 0.871 bits per heavy atom. The molecule has 2 rings (SSSR count). The van der Waals surface area contributed by atoms with Crippen LogP contribution >= 0.6 is 0 Å². The standard InChI is InChI=1S/C61H98N22O18/c1-29(2)20-36(62)53(94)83-44(27-84)55(96)72-25-48(89)74-31(5)51(92)77-38(13-16-45(63)86)58(99)81-42(22-33-9-11-35(85)12-10-33)60(101)79-39(14-17-46(64)87)57(98)78-40(15-18-47(65)88)59(100)82-43(23-34-24-69-28-73-34)54(95)71-26-49(90)76-37(8-7-19-70-61(67)68)56(97)75-32(6)52(93)80-41(50(66)91)21-30(3)4/h9-12,24,28-32,36-44,84-85H,7-8,13-23,25-27,62H2,1-6H3,(H2,63,86)(H2,64,87)(H2,65,88)(H2,66,91)(H,69,73)(H,71,95)(H,72,96)(H,74,89)(H,75,97)(H,76,90)(H,77,92)(H,78,98)(H,79,101)(H,80,93)(H,81,99)(H,82,100)(H,83,94)(H4,67,68,70)/t31-,32-,36-,37-,38-,39-,40-,41-,42-,43-,44-/m0/s1. The quantitative estimate of drug-likeness (QED) is 0.0166. The highest BCUT2D eigenvalue weighted by molar-refractivity contribution is 5.99. The van der Waals surface area contributed by atoms with E-state index < -0.39 is 226 Å². The molecule has 40 nitrogen and oxygen atoms in total. The lowest BCUT2D eigenvalue weighted by atomic mass is 10.0. The Morgan fingerprint density at radius 1 is 0.465 bits per heavy atom. The summed E-state index contributed by atoms with van der Waals surface area (Å²) >= 11 is 0. The molecule has 0 aliphatic carbocycles. The number of H-pyrrole nitrogens is 1. The summed E-state index contributed by atoms with van der Waals surface area (Å²) in [5.74, 6) is -16.1. The fraction of sp³-hybridized carbons (Fsp3) is 0.574. The van der Waals surface area contributed by atoms with Crippen LogP contribution in [0.1, 0.15) is 117 Å². The van der Waals surface area contributed by atoms with Gasteiger partial charge in [0.15, 0.2) is 5.96 Å². The van der Waals surface area contributed by atoms with E-state index in [-0.39, 0.29) is 73.5 Å². The largest absolute Gasteiger partial charge is 0.508 e. The van der Waals surface area contributed by atoms with Crippen molar-refractivity contribution in [3.63, 3.8) is 0 Å². The predicted molar refractivity (Wildman–Crippen MR) is 359 cm³/mol. The molecule has 40 heteroatoms. The van der Waals surface area contributed by atoms with Crippen LogP contribution in [0.15, 0.2) is 41.8 Å². The summed E-state index contributed by atoms with van der Waals surface area (Å²) in [6.07, 6.45) is -1.11. The number of guanidine groups is 1. The molecule has 101 heavy (non-hydrogen) atoms. The molecule has 0 aliphatic heterocycles. The molecule has 0 radical (unpaired) electrons. The van der Waals surface area contributed by atoms with Crippen molar-refractivity contribution in [2.45, 2.75) is 185 Å². The summed E-state index contributed by atoms with van der Waals surface area (Å²) in [6, 6.07) is -11.1. The Morgan fingerprint density at radius 3 is 1.32 bits per heavy atom. The lowest BCUT2D eigenvalue weighted by Gasteiger charge is -2.27. The number of aliphatic imine (C=N–C) groups is 1. The highest BCUT2D eigenvalue weighted by atomic mass is 16.3. The van der Waals surface area contributed by atoms with Gasteiger partial charge in [-0.3, -0.25) is 81.7 Å². The number of aliphatic hydroxyl groups is 1. The minimum atomic E-state index is -1.82. The van der Waals surface area contributed by atoms with E-state index in [1.807, 2.05) is 13.8 Å². The molecule has 0 aliphatic rings. The fourth-order valence-electron chi connectivity index (χ4n) is 9.39. The van der Waals surface area contributed by atoms with Crippen molar-refractivity contribution in [2.75, 3.05) is 26.2 Å². The predicted octanol–water partition coefficient (Wildman–Crippen LogP) is -9.23. The second kappa shape index (κ2) is 44.1. The van der Waals surface area contributed by atoms with Crippen molar-refractivity contribution in [1.82, 2.24) is 73.8 Å². The minimum Gasteiger partial charge on any atom is -0.508 e. The number of phenolic OH excluding ortho intramolecular Hbond substituents is 1. The maximum Gasteiger partial charge on any atom is 0.245 e. The molecular weight excluding hydrogens is 1330 g/mol. The number of amides is 16. The number of imidazole rings is 1. The van der Waals surface area contributed by atoms with Crippen LogP contribution in [0.25, 0.3) is 0 Å². The molecule has 29 N–H and O–H groups in total. The molecule has 0 spiro atoms. The zero-order chi connectivity index (χ0) is 76.2. The summed E-state index contributed by atoms with van der Waals surface area (Å²) in [4.78, 5) is 223. The van der Waals surface area contributed by atoms with Gasteiger partial charge in [0.25, 0.3) is 0 Å². The third kappa shape index (κ3) is 34.3. The Hall–Kier alpha value is -11.1. The summed E-state index contributed by atoms with van der Waals surface area (Å²) in [7, 11) is 0. The third-order valence-electron chi connectivity index (χ3n) is 14.8. The van der Waals surface area contributed by atoms with Crippen molar-refractivity contribution in [1.29, 1.82) is 0 Å². The minimum absolute atomic E-state index is 0.00912. The maximum absolute atomic E-state index is 14.5. The molecule has 560 valence electrons. The second-order valence-corrected chi connectivity index (χ2v) is 24.6. The van der Waals surface area contributed by atoms with E-state index in [0.717, 1.165) is 0 Å². The van der Waals surface area contributed by atoms with Gasteiger partial charge in [-0.05, 0) is 88.3 Å². The van der Waals surface area contributed by atoms with Crippen molar-refractivity contribution in [2.24, 2.45) is 57.0 Å². The molecule has 1 aromatic heterocycles. The lowest BCUT2D eigenvalue weighted by Crippen LogP contribution is -2.60. The number of carbonyl (C=O) groups is 16. The van der Waals surface area contributed by atoms with Gasteiger partial charge in [0, 0.05) is 50.5 Å². The summed E-state index contributed by atoms with van der Waals surface area (Å²) in [5, 5.41) is 48.4. The Labute approximate surface area is 581 Å². The SMILES string of the molecule is CC(C)C[C@H](NC(=O)[C@H](C)NC(=O)[C@H](CCCN=C(N)N)NC(=O)CNC(=O)[C@H](Cc1cnc[nH]1)NC(=O)[C@H](CCC(N)=O)NC(=O)[C@H](CCC(N)=O)NC(=O)[C@H](Cc1ccc(O)cc1)NC(=O)[C@H](CCC(N)=O)NC(=O)[C@H](C)NC(=O)CNC(=O)[C@H](CO)NC(=O)[C@@H](N)CC(C)C)C(N)=O. The average molecular weight is 1430 g/mol. The van der Waals surface area contributed by atoms with Gasteiger partial charge in [0.2, 0.25) is 94.5 Å². The van der Waals surface area contributed by atoms with Crippen LogP contribution in [0, 0.1) is 11.8 Å². The molecule has 0 saturated carbocycles. The van der Waals surface area contributed by atoms with Crippen LogP contribution in [0.3, 0.4) is 0 Å². The van der Waals surface area contributed by atoms with Crippen molar-refractivity contribution < 1.29 is 86.9 Å². The Balaban J connectivity index is 2.45.